The van der Waals surface area contributed by atoms with E-state index in [2.05, 4.69) is 5.32 Å². The number of hydrogen-bond donors (Lipinski definition) is 3. The van der Waals surface area contributed by atoms with Crippen molar-refractivity contribution >= 4 is 35.1 Å². The van der Waals surface area contributed by atoms with Gasteiger partial charge in [-0.25, -0.2) is 0 Å². The first-order valence-corrected chi connectivity index (χ1v) is 7.51. The first kappa shape index (κ1) is 16.4. The van der Waals surface area contributed by atoms with E-state index in [0.29, 0.717) is 0 Å². The summed E-state index contributed by atoms with van der Waals surface area (Å²) in [6, 6.07) is 12.1. The molecule has 0 saturated carbocycles. The van der Waals surface area contributed by atoms with Crippen molar-refractivity contribution in [1.29, 1.82) is 0 Å². The molecule has 5 N–H and O–H groups in total. The van der Waals surface area contributed by atoms with Crippen LogP contribution in [0.15, 0.2) is 48.5 Å². The molecule has 2 rings (SSSR count). The molecule has 0 radical (unpaired) electrons. The van der Waals surface area contributed by atoms with E-state index in [1.807, 2.05) is 42.5 Å². The number of nitrogens with one attached hydrogen (secondary N) is 1. The molecule has 0 aliphatic heterocycles. The zero-order chi connectivity index (χ0) is 16.8. The maximum atomic E-state index is 11.7. The molecule has 0 spiro atoms. The van der Waals surface area contributed by atoms with Crippen LogP contribution < -0.4 is 16.8 Å². The summed E-state index contributed by atoms with van der Waals surface area (Å²) in [4.78, 5) is 35.6. The lowest BCUT2D eigenvalue weighted by Gasteiger charge is -2.09. The second-order valence-corrected chi connectivity index (χ2v) is 5.76. The van der Waals surface area contributed by atoms with E-state index in [0.717, 1.165) is 15.3 Å². The Balaban J connectivity index is 2.03. The highest BCUT2D eigenvalue weighted by Gasteiger charge is 2.22. The van der Waals surface area contributed by atoms with Gasteiger partial charge in [-0.3, -0.25) is 14.4 Å². The first-order chi connectivity index (χ1) is 11.0. The summed E-state index contributed by atoms with van der Waals surface area (Å²) in [5, 5.41) is 2.15. The lowest BCUT2D eigenvalue weighted by molar-refractivity contribution is -0.132. The number of thiophene rings is 1. The Bertz CT molecular complexity index is 739. The van der Waals surface area contributed by atoms with Crippen molar-refractivity contribution in [3.05, 3.63) is 53.4 Å². The third-order valence-corrected chi connectivity index (χ3v) is 4.04. The van der Waals surface area contributed by atoms with Crippen molar-refractivity contribution in [2.24, 2.45) is 11.5 Å². The number of rotatable bonds is 6. The zero-order valence-corrected chi connectivity index (χ0v) is 12.9. The van der Waals surface area contributed by atoms with Crippen LogP contribution in [0.3, 0.4) is 0 Å². The Morgan fingerprint density at radius 3 is 2.26 bits per heavy atom. The van der Waals surface area contributed by atoms with Crippen LogP contribution in [0.25, 0.3) is 16.5 Å². The van der Waals surface area contributed by atoms with Gasteiger partial charge in [0.25, 0.3) is 0 Å². The Hall–Kier alpha value is -2.93. The van der Waals surface area contributed by atoms with E-state index in [9.17, 15) is 14.4 Å². The molecular formula is C16H15N3O3S. The van der Waals surface area contributed by atoms with Crippen LogP contribution >= 0.6 is 11.3 Å². The maximum absolute atomic E-state index is 11.7. The predicted molar refractivity (Wildman–Crippen MR) is 89.1 cm³/mol. The summed E-state index contributed by atoms with van der Waals surface area (Å²) in [6.07, 6.45) is 2.81. The minimum atomic E-state index is -1.52. The summed E-state index contributed by atoms with van der Waals surface area (Å²) in [5.74, 6) is -2.62. The van der Waals surface area contributed by atoms with Crippen LogP contribution in [0.1, 0.15) is 4.88 Å². The molecule has 118 valence electrons. The van der Waals surface area contributed by atoms with Crippen LogP contribution in [0.2, 0.25) is 0 Å². The van der Waals surface area contributed by atoms with Gasteiger partial charge in [0.15, 0.2) is 6.04 Å². The zero-order valence-electron chi connectivity index (χ0n) is 12.1. The molecule has 2 aromatic rings. The second-order valence-electron chi connectivity index (χ2n) is 4.65. The Morgan fingerprint density at radius 1 is 1.00 bits per heavy atom. The molecule has 6 nitrogen and oxygen atoms in total. The van der Waals surface area contributed by atoms with E-state index >= 15 is 0 Å². The third kappa shape index (κ3) is 4.52. The smallest absolute Gasteiger partial charge is 0.249 e. The highest BCUT2D eigenvalue weighted by Crippen LogP contribution is 2.28. The Labute approximate surface area is 136 Å². The summed E-state index contributed by atoms with van der Waals surface area (Å²) in [7, 11) is 0. The van der Waals surface area contributed by atoms with Gasteiger partial charge in [0, 0.05) is 15.8 Å². The average Bonchev–Trinajstić information content (AvgIpc) is 3.00. The summed E-state index contributed by atoms with van der Waals surface area (Å²) < 4.78 is 0. The van der Waals surface area contributed by atoms with Crippen molar-refractivity contribution in [1.82, 2.24) is 5.32 Å². The molecule has 0 bridgehead atoms. The molecule has 1 aromatic heterocycles. The summed E-state index contributed by atoms with van der Waals surface area (Å²) in [5.41, 5.74) is 11.1. The standard InChI is InChI=1S/C16H15N3O3S/c17-15(21)14(16(18)22)19-13(20)9-7-11-6-8-12(23-11)10-4-2-1-3-5-10/h1-9,14H,(H2,17,21)(H2,18,22)(H,19,20)/b9-7+. The number of amides is 3. The highest BCUT2D eigenvalue weighted by atomic mass is 32.1. The fourth-order valence-electron chi connectivity index (χ4n) is 1.83. The molecular weight excluding hydrogens is 314 g/mol. The van der Waals surface area contributed by atoms with E-state index in [4.69, 9.17) is 11.5 Å². The van der Waals surface area contributed by atoms with Crippen LogP contribution in [0, 0.1) is 0 Å². The van der Waals surface area contributed by atoms with Gasteiger partial charge < -0.3 is 16.8 Å². The SMILES string of the molecule is NC(=O)C(NC(=O)/C=C/c1ccc(-c2ccccc2)s1)C(N)=O. The van der Waals surface area contributed by atoms with Gasteiger partial charge in [0.2, 0.25) is 17.7 Å². The van der Waals surface area contributed by atoms with Gasteiger partial charge in [-0.05, 0) is 23.8 Å². The van der Waals surface area contributed by atoms with Gasteiger partial charge in [-0.2, -0.15) is 0 Å². The van der Waals surface area contributed by atoms with Gasteiger partial charge in [0.1, 0.15) is 0 Å². The van der Waals surface area contributed by atoms with Crippen LogP contribution in [0.5, 0.6) is 0 Å². The normalized spacial score (nSPS) is 10.8. The van der Waals surface area contributed by atoms with Gasteiger partial charge in [-0.1, -0.05) is 30.3 Å². The van der Waals surface area contributed by atoms with Gasteiger partial charge >= 0.3 is 0 Å². The number of carbonyl (C=O) groups excluding carboxylic acids is 3. The van der Waals surface area contributed by atoms with E-state index in [-0.39, 0.29) is 0 Å². The molecule has 1 aromatic carbocycles. The van der Waals surface area contributed by atoms with Gasteiger partial charge in [0.05, 0.1) is 0 Å². The second kappa shape index (κ2) is 7.37. The van der Waals surface area contributed by atoms with Crippen LogP contribution in [0.4, 0.5) is 0 Å². The van der Waals surface area contributed by atoms with E-state index in [1.54, 1.807) is 6.08 Å². The van der Waals surface area contributed by atoms with E-state index < -0.39 is 23.8 Å². The summed E-state index contributed by atoms with van der Waals surface area (Å²) in [6.45, 7) is 0. The fraction of sp³-hybridized carbons (Fsp3) is 0.0625. The highest BCUT2D eigenvalue weighted by molar-refractivity contribution is 7.16. The molecule has 0 saturated heterocycles. The van der Waals surface area contributed by atoms with Crippen molar-refractivity contribution < 1.29 is 14.4 Å². The third-order valence-electron chi connectivity index (χ3n) is 2.94. The lowest BCUT2D eigenvalue weighted by atomic mass is 10.2. The molecule has 23 heavy (non-hydrogen) atoms. The number of carbonyl (C=O) groups is 3. The largest absolute Gasteiger partial charge is 0.367 e. The molecule has 1 heterocycles. The van der Waals surface area contributed by atoms with Gasteiger partial charge in [-0.15, -0.1) is 11.3 Å². The molecule has 0 unspecified atom stereocenters. The Morgan fingerprint density at radius 2 is 1.65 bits per heavy atom. The van der Waals surface area contributed by atoms with E-state index in [1.165, 1.54) is 17.4 Å². The number of nitrogens with two attached hydrogens (primary N) is 2. The average molecular weight is 329 g/mol. The van der Waals surface area contributed by atoms with Crippen molar-refractivity contribution in [2.45, 2.75) is 6.04 Å². The van der Waals surface area contributed by atoms with Crippen LogP contribution in [-0.2, 0) is 14.4 Å². The topological polar surface area (TPSA) is 115 Å². The van der Waals surface area contributed by atoms with Crippen molar-refractivity contribution in [3.8, 4) is 10.4 Å². The molecule has 0 aliphatic rings. The molecule has 7 heteroatoms. The maximum Gasteiger partial charge on any atom is 0.249 e. The number of benzene rings is 1. The molecule has 0 fully saturated rings. The molecule has 0 atom stereocenters. The molecule has 3 amide bonds. The van der Waals surface area contributed by atoms with Crippen molar-refractivity contribution in [3.63, 3.8) is 0 Å². The van der Waals surface area contributed by atoms with Crippen LogP contribution in [-0.4, -0.2) is 23.8 Å². The fourth-order valence-corrected chi connectivity index (χ4v) is 2.75. The quantitative estimate of drug-likeness (QED) is 0.540. The Kier molecular flexibility index (Phi) is 5.27. The monoisotopic (exact) mass is 329 g/mol. The minimum absolute atomic E-state index is 0.623. The minimum Gasteiger partial charge on any atom is -0.367 e. The first-order valence-electron chi connectivity index (χ1n) is 6.70. The number of hydrogen-bond acceptors (Lipinski definition) is 4. The molecule has 0 aliphatic carbocycles. The number of primary amides is 2. The predicted octanol–water partition coefficient (Wildman–Crippen LogP) is 0.884. The van der Waals surface area contributed by atoms with Crippen molar-refractivity contribution in [2.75, 3.05) is 0 Å². The lowest BCUT2D eigenvalue weighted by Crippen LogP contribution is -2.52. The summed E-state index contributed by atoms with van der Waals surface area (Å²) >= 11 is 1.51.